The lowest BCUT2D eigenvalue weighted by molar-refractivity contribution is -0.134. The molecule has 2 N–H and O–H groups in total. The second-order valence-corrected chi connectivity index (χ2v) is 5.38. The first kappa shape index (κ1) is 17.3. The largest absolute Gasteiger partial charge is 0.478 e. The van der Waals surface area contributed by atoms with E-state index >= 15 is 0 Å². The van der Waals surface area contributed by atoms with E-state index < -0.39 is 22.7 Å². The number of benzene rings is 2. The second-order valence-electron chi connectivity index (χ2n) is 3.90. The van der Waals surface area contributed by atoms with E-state index in [4.69, 9.17) is 10.2 Å². The molecule has 0 aliphatic heterocycles. The van der Waals surface area contributed by atoms with Crippen molar-refractivity contribution in [3.8, 4) is 0 Å². The van der Waals surface area contributed by atoms with Crippen LogP contribution >= 0.6 is 0 Å². The molecule has 0 atom stereocenters. The smallest absolute Gasteiger partial charge is 0.328 e. The summed E-state index contributed by atoms with van der Waals surface area (Å²) in [6, 6.07) is 19.0. The highest BCUT2D eigenvalue weighted by atomic mass is 32.2. The van der Waals surface area contributed by atoms with Gasteiger partial charge >= 0.3 is 11.9 Å². The zero-order chi connectivity index (χ0) is 16.4. The minimum atomic E-state index is -1.26. The zero-order valence-electron chi connectivity index (χ0n) is 11.5. The maximum Gasteiger partial charge on any atom is 0.328 e. The van der Waals surface area contributed by atoms with Crippen LogP contribution in [0.2, 0.25) is 0 Å². The number of hydrogen-bond acceptors (Lipinski definition) is 3. The van der Waals surface area contributed by atoms with Crippen LogP contribution in [-0.4, -0.2) is 26.4 Å². The SMILES string of the molecule is O=C(O)/C=C/C(=O)O.O=S(c1ccccc1)c1ccccc1. The van der Waals surface area contributed by atoms with Gasteiger partial charge in [0.1, 0.15) is 0 Å². The molecule has 0 unspecified atom stereocenters. The van der Waals surface area contributed by atoms with Gasteiger partial charge in [-0.3, -0.25) is 0 Å². The Morgan fingerprint density at radius 3 is 1.32 bits per heavy atom. The molecule has 0 spiro atoms. The predicted octanol–water partition coefficient (Wildman–Crippen LogP) is 2.57. The molecule has 114 valence electrons. The van der Waals surface area contributed by atoms with Gasteiger partial charge in [0.25, 0.3) is 0 Å². The molecule has 6 heteroatoms. The summed E-state index contributed by atoms with van der Waals surface area (Å²) in [4.78, 5) is 20.8. The van der Waals surface area contributed by atoms with Gasteiger partial charge in [-0.25, -0.2) is 13.8 Å². The Hall–Kier alpha value is -2.73. The quantitative estimate of drug-likeness (QED) is 0.845. The molecule has 0 amide bonds. The Morgan fingerprint density at radius 2 is 1.05 bits per heavy atom. The van der Waals surface area contributed by atoms with Crippen molar-refractivity contribution in [3.05, 3.63) is 72.8 Å². The van der Waals surface area contributed by atoms with Crippen molar-refractivity contribution in [2.24, 2.45) is 0 Å². The van der Waals surface area contributed by atoms with E-state index in [1.165, 1.54) is 0 Å². The summed E-state index contributed by atoms with van der Waals surface area (Å²) >= 11 is 0. The highest BCUT2D eigenvalue weighted by molar-refractivity contribution is 7.85. The van der Waals surface area contributed by atoms with Crippen molar-refractivity contribution in [1.82, 2.24) is 0 Å². The molecule has 2 rings (SSSR count). The normalized spacial score (nSPS) is 10.0. The predicted molar refractivity (Wildman–Crippen MR) is 82.0 cm³/mol. The standard InChI is InChI=1S/C12H10OS.C4H4O4/c13-14(11-7-3-1-4-8-11)12-9-5-2-6-10-12;5-3(6)1-2-4(7)8/h1-10H;1-2H,(H,5,6)(H,7,8)/b;2-1+. The Bertz CT molecular complexity index is 608. The number of aliphatic carboxylic acids is 2. The summed E-state index contributed by atoms with van der Waals surface area (Å²) in [5.74, 6) is -2.51. The van der Waals surface area contributed by atoms with Crippen molar-refractivity contribution in [2.75, 3.05) is 0 Å². The molecule has 2 aromatic carbocycles. The molecule has 0 aromatic heterocycles. The van der Waals surface area contributed by atoms with Crippen molar-refractivity contribution < 1.29 is 24.0 Å². The van der Waals surface area contributed by atoms with E-state index in [-0.39, 0.29) is 0 Å². The van der Waals surface area contributed by atoms with E-state index in [0.717, 1.165) is 9.79 Å². The minimum Gasteiger partial charge on any atom is -0.478 e. The monoisotopic (exact) mass is 318 g/mol. The van der Waals surface area contributed by atoms with Crippen LogP contribution in [0.15, 0.2) is 82.6 Å². The average Bonchev–Trinajstić information content (AvgIpc) is 2.54. The Balaban J connectivity index is 0.000000261. The Labute approximate surface area is 130 Å². The molecule has 2 aromatic rings. The first-order valence-corrected chi connectivity index (χ1v) is 7.31. The molecule has 0 aliphatic carbocycles. The third-order valence-electron chi connectivity index (χ3n) is 2.28. The average molecular weight is 318 g/mol. The third-order valence-corrected chi connectivity index (χ3v) is 3.68. The van der Waals surface area contributed by atoms with E-state index in [2.05, 4.69) is 0 Å². The van der Waals surface area contributed by atoms with Gasteiger partial charge in [0.05, 0.1) is 10.8 Å². The summed E-state index contributed by atoms with van der Waals surface area (Å²) in [5.41, 5.74) is 0. The van der Waals surface area contributed by atoms with E-state index in [1.807, 2.05) is 60.7 Å². The molecule has 22 heavy (non-hydrogen) atoms. The third kappa shape index (κ3) is 6.62. The zero-order valence-corrected chi connectivity index (χ0v) is 12.3. The summed E-state index contributed by atoms with van der Waals surface area (Å²) in [6.07, 6.45) is 1.12. The fourth-order valence-corrected chi connectivity index (χ4v) is 2.45. The topological polar surface area (TPSA) is 91.7 Å². The summed E-state index contributed by atoms with van der Waals surface area (Å²) in [6.45, 7) is 0. The van der Waals surface area contributed by atoms with Crippen LogP contribution < -0.4 is 0 Å². The summed E-state index contributed by atoms with van der Waals surface area (Å²) in [7, 11) is -1.05. The number of carbonyl (C=O) groups is 2. The Morgan fingerprint density at radius 1 is 0.727 bits per heavy atom. The molecular formula is C16H14O5S. The lowest BCUT2D eigenvalue weighted by Crippen LogP contribution is -1.91. The first-order valence-electron chi connectivity index (χ1n) is 6.16. The summed E-state index contributed by atoms with van der Waals surface area (Å²) < 4.78 is 12.0. The maximum absolute atomic E-state index is 12.0. The van der Waals surface area contributed by atoms with Crippen molar-refractivity contribution in [1.29, 1.82) is 0 Å². The van der Waals surface area contributed by atoms with E-state index in [0.29, 0.717) is 12.2 Å². The van der Waals surface area contributed by atoms with E-state index in [9.17, 15) is 13.8 Å². The van der Waals surface area contributed by atoms with Gasteiger partial charge in [0.15, 0.2) is 0 Å². The molecule has 0 radical (unpaired) electrons. The number of hydrogen-bond donors (Lipinski definition) is 2. The van der Waals surface area contributed by atoms with Crippen LogP contribution in [0.25, 0.3) is 0 Å². The van der Waals surface area contributed by atoms with Crippen LogP contribution in [0.5, 0.6) is 0 Å². The van der Waals surface area contributed by atoms with E-state index in [1.54, 1.807) is 0 Å². The van der Waals surface area contributed by atoms with Gasteiger partial charge in [-0.15, -0.1) is 0 Å². The van der Waals surface area contributed by atoms with Gasteiger partial charge < -0.3 is 10.2 Å². The lowest BCUT2D eigenvalue weighted by atomic mass is 10.4. The molecular weight excluding hydrogens is 304 g/mol. The van der Waals surface area contributed by atoms with Crippen LogP contribution in [0.4, 0.5) is 0 Å². The van der Waals surface area contributed by atoms with Gasteiger partial charge in [-0.05, 0) is 24.3 Å². The van der Waals surface area contributed by atoms with Gasteiger partial charge in [0, 0.05) is 21.9 Å². The number of carboxylic acid groups (broad SMARTS) is 2. The van der Waals surface area contributed by atoms with Crippen LogP contribution in [0.3, 0.4) is 0 Å². The fraction of sp³-hybridized carbons (Fsp3) is 0. The van der Waals surface area contributed by atoms with Gasteiger partial charge in [0.2, 0.25) is 0 Å². The maximum atomic E-state index is 12.0. The van der Waals surface area contributed by atoms with Crippen LogP contribution in [-0.2, 0) is 20.4 Å². The molecule has 0 saturated heterocycles. The fourth-order valence-electron chi connectivity index (χ4n) is 1.37. The molecule has 0 aliphatic rings. The lowest BCUT2D eigenvalue weighted by Gasteiger charge is -2.00. The highest BCUT2D eigenvalue weighted by Gasteiger charge is 2.04. The van der Waals surface area contributed by atoms with Crippen molar-refractivity contribution in [2.45, 2.75) is 9.79 Å². The van der Waals surface area contributed by atoms with Crippen LogP contribution in [0.1, 0.15) is 0 Å². The van der Waals surface area contributed by atoms with Gasteiger partial charge in [-0.1, -0.05) is 36.4 Å². The minimum absolute atomic E-state index is 0.558. The number of rotatable bonds is 4. The Kier molecular flexibility index (Phi) is 7.28. The summed E-state index contributed by atoms with van der Waals surface area (Å²) in [5, 5.41) is 15.6. The van der Waals surface area contributed by atoms with Crippen LogP contribution in [0, 0.1) is 0 Å². The number of carboxylic acids is 2. The molecule has 0 saturated carbocycles. The van der Waals surface area contributed by atoms with Crippen molar-refractivity contribution in [3.63, 3.8) is 0 Å². The molecule has 0 heterocycles. The second kappa shape index (κ2) is 9.25. The van der Waals surface area contributed by atoms with Crippen molar-refractivity contribution >= 4 is 22.7 Å². The highest BCUT2D eigenvalue weighted by Crippen LogP contribution is 2.14. The molecule has 5 nitrogen and oxygen atoms in total. The molecule has 0 fully saturated rings. The first-order chi connectivity index (χ1) is 10.5. The van der Waals surface area contributed by atoms with Gasteiger partial charge in [-0.2, -0.15) is 0 Å². The molecule has 0 bridgehead atoms.